The molecule has 6 heteroatoms. The van der Waals surface area contributed by atoms with Crippen molar-refractivity contribution in [3.8, 4) is 0 Å². The third kappa shape index (κ3) is 4.10. The lowest BCUT2D eigenvalue weighted by atomic mass is 10.1. The van der Waals surface area contributed by atoms with Crippen LogP contribution in [0.2, 0.25) is 5.02 Å². The Morgan fingerprint density at radius 3 is 3.10 bits per heavy atom. The molecule has 3 N–H and O–H groups in total. The van der Waals surface area contributed by atoms with Crippen LogP contribution in [0.3, 0.4) is 0 Å². The standard InChI is InChI=1S/C14H20ClN3O2/c1-20-9-10-4-5-18(7-10)8-14(19)17-13-3-2-11(16)6-12(13)15/h2-3,6,10H,4-5,7-9,16H2,1H3,(H,17,19). The van der Waals surface area contributed by atoms with E-state index < -0.39 is 0 Å². The molecule has 1 aliphatic rings. The molecular formula is C14H20ClN3O2. The lowest BCUT2D eigenvalue weighted by Gasteiger charge is -2.16. The molecule has 0 radical (unpaired) electrons. The molecule has 20 heavy (non-hydrogen) atoms. The van der Waals surface area contributed by atoms with Crippen LogP contribution in [0.1, 0.15) is 6.42 Å². The molecule has 1 saturated heterocycles. The Hall–Kier alpha value is -1.30. The fourth-order valence-electron chi connectivity index (χ4n) is 2.45. The maximum absolute atomic E-state index is 12.0. The normalized spacial score (nSPS) is 19.2. The first-order valence-electron chi connectivity index (χ1n) is 6.64. The zero-order valence-electron chi connectivity index (χ0n) is 11.6. The average molecular weight is 298 g/mol. The lowest BCUT2D eigenvalue weighted by molar-refractivity contribution is -0.117. The summed E-state index contributed by atoms with van der Waals surface area (Å²) >= 11 is 6.03. The van der Waals surface area contributed by atoms with Crippen LogP contribution in [0.25, 0.3) is 0 Å². The lowest BCUT2D eigenvalue weighted by Crippen LogP contribution is -2.32. The first-order valence-corrected chi connectivity index (χ1v) is 7.02. The molecule has 2 rings (SSSR count). The summed E-state index contributed by atoms with van der Waals surface area (Å²) in [5.41, 5.74) is 6.79. The fourth-order valence-corrected chi connectivity index (χ4v) is 2.69. The number of rotatable bonds is 5. The molecule has 1 fully saturated rings. The highest BCUT2D eigenvalue weighted by Gasteiger charge is 2.23. The molecule has 110 valence electrons. The van der Waals surface area contributed by atoms with Gasteiger partial charge in [-0.05, 0) is 37.1 Å². The highest BCUT2D eigenvalue weighted by molar-refractivity contribution is 6.34. The van der Waals surface area contributed by atoms with Crippen molar-refractivity contribution in [3.05, 3.63) is 23.2 Å². The van der Waals surface area contributed by atoms with Crippen LogP contribution in [0.15, 0.2) is 18.2 Å². The number of nitrogens with two attached hydrogens (primary N) is 1. The van der Waals surface area contributed by atoms with Crippen molar-refractivity contribution in [3.63, 3.8) is 0 Å². The number of anilines is 2. The van der Waals surface area contributed by atoms with Gasteiger partial charge in [-0.15, -0.1) is 0 Å². The smallest absolute Gasteiger partial charge is 0.238 e. The van der Waals surface area contributed by atoms with Gasteiger partial charge in [0.1, 0.15) is 0 Å². The van der Waals surface area contributed by atoms with Gasteiger partial charge in [0.25, 0.3) is 0 Å². The fraction of sp³-hybridized carbons (Fsp3) is 0.500. The minimum atomic E-state index is -0.0604. The summed E-state index contributed by atoms with van der Waals surface area (Å²) in [5, 5.41) is 3.27. The van der Waals surface area contributed by atoms with Gasteiger partial charge >= 0.3 is 0 Å². The first kappa shape index (κ1) is 15.1. The molecule has 5 nitrogen and oxygen atoms in total. The summed E-state index contributed by atoms with van der Waals surface area (Å²) in [4.78, 5) is 14.1. The Morgan fingerprint density at radius 2 is 2.40 bits per heavy atom. The topological polar surface area (TPSA) is 67.6 Å². The maximum Gasteiger partial charge on any atom is 0.238 e. The number of hydrogen-bond acceptors (Lipinski definition) is 4. The number of amides is 1. The molecule has 1 aromatic carbocycles. The Morgan fingerprint density at radius 1 is 1.60 bits per heavy atom. The Kier molecular flexibility index (Phi) is 5.23. The molecule has 1 unspecified atom stereocenters. The van der Waals surface area contributed by atoms with Crippen LogP contribution >= 0.6 is 11.6 Å². The predicted molar refractivity (Wildman–Crippen MR) is 80.9 cm³/mol. The summed E-state index contributed by atoms with van der Waals surface area (Å²) < 4.78 is 5.15. The third-order valence-electron chi connectivity index (χ3n) is 3.41. The Labute approximate surface area is 124 Å². The number of carbonyl (C=O) groups excluding carboxylic acids is 1. The van der Waals surface area contributed by atoms with E-state index in [2.05, 4.69) is 10.2 Å². The van der Waals surface area contributed by atoms with Crippen molar-refractivity contribution < 1.29 is 9.53 Å². The summed E-state index contributed by atoms with van der Waals surface area (Å²) in [5.74, 6) is 0.461. The van der Waals surface area contributed by atoms with Crippen molar-refractivity contribution in [2.45, 2.75) is 6.42 Å². The van der Waals surface area contributed by atoms with E-state index in [1.165, 1.54) is 0 Å². The van der Waals surface area contributed by atoms with Crippen molar-refractivity contribution in [2.24, 2.45) is 5.92 Å². The molecule has 1 heterocycles. The van der Waals surface area contributed by atoms with Crippen LogP contribution in [0, 0.1) is 5.92 Å². The zero-order chi connectivity index (χ0) is 14.5. The quantitative estimate of drug-likeness (QED) is 0.814. The van der Waals surface area contributed by atoms with E-state index in [0.717, 1.165) is 26.1 Å². The molecule has 0 bridgehead atoms. The van der Waals surface area contributed by atoms with Crippen LogP contribution < -0.4 is 11.1 Å². The van der Waals surface area contributed by atoms with Crippen LogP contribution in [-0.4, -0.2) is 44.2 Å². The largest absolute Gasteiger partial charge is 0.399 e. The second-order valence-electron chi connectivity index (χ2n) is 5.13. The maximum atomic E-state index is 12.0. The third-order valence-corrected chi connectivity index (χ3v) is 3.72. The number of hydrogen-bond donors (Lipinski definition) is 2. The second kappa shape index (κ2) is 6.92. The number of nitrogens with one attached hydrogen (secondary N) is 1. The summed E-state index contributed by atoms with van der Waals surface area (Å²) in [6.07, 6.45) is 1.07. The molecule has 0 aromatic heterocycles. The highest BCUT2D eigenvalue weighted by Crippen LogP contribution is 2.24. The summed E-state index contributed by atoms with van der Waals surface area (Å²) in [6, 6.07) is 5.06. The van der Waals surface area contributed by atoms with Gasteiger partial charge in [-0.1, -0.05) is 11.6 Å². The molecule has 1 aliphatic heterocycles. The van der Waals surface area contributed by atoms with E-state index in [-0.39, 0.29) is 5.91 Å². The molecular weight excluding hydrogens is 278 g/mol. The number of carbonyl (C=O) groups is 1. The molecule has 1 aromatic rings. The van der Waals surface area contributed by atoms with Gasteiger partial charge in [0.15, 0.2) is 0 Å². The van der Waals surface area contributed by atoms with Gasteiger partial charge in [0, 0.05) is 19.3 Å². The SMILES string of the molecule is COCC1CCN(CC(=O)Nc2ccc(N)cc2Cl)C1. The second-order valence-corrected chi connectivity index (χ2v) is 5.54. The van der Waals surface area contributed by atoms with Crippen molar-refractivity contribution in [1.82, 2.24) is 4.90 Å². The molecule has 1 atom stereocenters. The Bertz CT molecular complexity index is 481. The van der Waals surface area contributed by atoms with Gasteiger partial charge in [-0.25, -0.2) is 0 Å². The number of likely N-dealkylation sites (tertiary alicyclic amines) is 1. The van der Waals surface area contributed by atoms with Gasteiger partial charge in [-0.3, -0.25) is 9.69 Å². The number of nitrogen functional groups attached to an aromatic ring is 1. The average Bonchev–Trinajstić information content (AvgIpc) is 2.81. The van der Waals surface area contributed by atoms with E-state index in [0.29, 0.717) is 28.9 Å². The summed E-state index contributed by atoms with van der Waals surface area (Å²) in [7, 11) is 1.71. The van der Waals surface area contributed by atoms with E-state index in [4.69, 9.17) is 22.1 Å². The van der Waals surface area contributed by atoms with E-state index in [1.807, 2.05) is 0 Å². The number of halogens is 1. The molecule has 0 spiro atoms. The van der Waals surface area contributed by atoms with Crippen LogP contribution in [0.4, 0.5) is 11.4 Å². The van der Waals surface area contributed by atoms with Crippen LogP contribution in [0.5, 0.6) is 0 Å². The van der Waals surface area contributed by atoms with E-state index in [1.54, 1.807) is 25.3 Å². The zero-order valence-corrected chi connectivity index (χ0v) is 12.3. The predicted octanol–water partition coefficient (Wildman–Crippen LogP) is 1.83. The monoisotopic (exact) mass is 297 g/mol. The summed E-state index contributed by atoms with van der Waals surface area (Å²) in [6.45, 7) is 2.95. The van der Waals surface area contributed by atoms with Crippen molar-refractivity contribution in [1.29, 1.82) is 0 Å². The first-order chi connectivity index (χ1) is 9.58. The Balaban J connectivity index is 1.84. The number of nitrogens with zero attached hydrogens (tertiary/aromatic N) is 1. The van der Waals surface area contributed by atoms with Gasteiger partial charge in [0.2, 0.25) is 5.91 Å². The number of ether oxygens (including phenoxy) is 1. The number of methoxy groups -OCH3 is 1. The number of benzene rings is 1. The molecule has 0 aliphatic carbocycles. The molecule has 1 amide bonds. The van der Waals surface area contributed by atoms with Crippen molar-refractivity contribution >= 4 is 28.9 Å². The van der Waals surface area contributed by atoms with E-state index >= 15 is 0 Å². The molecule has 0 saturated carbocycles. The van der Waals surface area contributed by atoms with Gasteiger partial charge < -0.3 is 15.8 Å². The van der Waals surface area contributed by atoms with Gasteiger partial charge in [-0.2, -0.15) is 0 Å². The van der Waals surface area contributed by atoms with Crippen molar-refractivity contribution in [2.75, 3.05) is 44.4 Å². The van der Waals surface area contributed by atoms with Gasteiger partial charge in [0.05, 0.1) is 23.9 Å². The minimum Gasteiger partial charge on any atom is -0.399 e. The minimum absolute atomic E-state index is 0.0604. The van der Waals surface area contributed by atoms with Crippen LogP contribution in [-0.2, 0) is 9.53 Å². The van der Waals surface area contributed by atoms with E-state index in [9.17, 15) is 4.79 Å². The highest BCUT2D eigenvalue weighted by atomic mass is 35.5.